The zero-order chi connectivity index (χ0) is 21.2. The number of hydrogen-bond acceptors (Lipinski definition) is 4. The van der Waals surface area contributed by atoms with Gasteiger partial charge >= 0.3 is 6.09 Å². The molecule has 0 N–H and O–H groups in total. The molecule has 2 saturated carbocycles. The summed E-state index contributed by atoms with van der Waals surface area (Å²) in [6.45, 7) is 3.76. The molecule has 2 bridgehead atoms. The molecule has 7 atom stereocenters. The van der Waals surface area contributed by atoms with Gasteiger partial charge in [0.25, 0.3) is 0 Å². The van der Waals surface area contributed by atoms with Gasteiger partial charge in [-0.15, -0.1) is 0 Å². The molecular weight excluding hydrogens is 390 g/mol. The number of methoxy groups -OCH3 is 1. The number of nitrogens with zero attached hydrogens (tertiary/aromatic N) is 1. The number of aryl methyl sites for hydroxylation is 1. The second kappa shape index (κ2) is 7.48. The number of hydrogen-bond donors (Lipinski definition) is 0. The van der Waals surface area contributed by atoms with E-state index in [-0.39, 0.29) is 18.2 Å². The predicted octanol–water partition coefficient (Wildman–Crippen LogP) is 4.92. The van der Waals surface area contributed by atoms with Gasteiger partial charge in [-0.25, -0.2) is 4.79 Å². The molecule has 168 valence electrons. The van der Waals surface area contributed by atoms with E-state index in [0.29, 0.717) is 36.4 Å². The Morgan fingerprint density at radius 2 is 1.90 bits per heavy atom. The summed E-state index contributed by atoms with van der Waals surface area (Å²) in [4.78, 5) is 14.8. The van der Waals surface area contributed by atoms with Crippen molar-refractivity contribution in [2.75, 3.05) is 20.3 Å². The number of carbonyl (C=O) groups is 1. The molecule has 31 heavy (non-hydrogen) atoms. The molecule has 2 heterocycles. The molecule has 2 saturated heterocycles. The highest BCUT2D eigenvalue weighted by Crippen LogP contribution is 2.61. The van der Waals surface area contributed by atoms with Crippen LogP contribution >= 0.6 is 0 Å². The van der Waals surface area contributed by atoms with Crippen LogP contribution in [-0.4, -0.2) is 49.5 Å². The van der Waals surface area contributed by atoms with Gasteiger partial charge in [0.05, 0.1) is 31.4 Å². The quantitative estimate of drug-likeness (QED) is 0.675. The monoisotopic (exact) mass is 425 g/mol. The van der Waals surface area contributed by atoms with Crippen molar-refractivity contribution in [1.29, 1.82) is 0 Å². The molecule has 7 unspecified atom stereocenters. The fourth-order valence-electron chi connectivity index (χ4n) is 8.04. The number of benzene rings is 1. The van der Waals surface area contributed by atoms with E-state index in [1.807, 2.05) is 18.1 Å². The summed E-state index contributed by atoms with van der Waals surface area (Å²) in [5.74, 6) is 2.90. The Labute approximate surface area is 185 Å². The van der Waals surface area contributed by atoms with Crippen molar-refractivity contribution in [3.63, 3.8) is 0 Å². The van der Waals surface area contributed by atoms with Crippen molar-refractivity contribution in [1.82, 2.24) is 4.90 Å². The summed E-state index contributed by atoms with van der Waals surface area (Å²) in [5.41, 5.74) is 3.24. The number of fused-ring (bicyclic) bond motifs is 7. The first-order chi connectivity index (χ1) is 15.1. The maximum absolute atomic E-state index is 12.9. The summed E-state index contributed by atoms with van der Waals surface area (Å²) in [6, 6.07) is 6.80. The molecule has 4 fully saturated rings. The van der Waals surface area contributed by atoms with Crippen LogP contribution in [0.15, 0.2) is 18.2 Å². The fraction of sp³-hybridized carbons (Fsp3) is 0.731. The third-order valence-corrected chi connectivity index (χ3v) is 9.55. The highest BCUT2D eigenvalue weighted by atomic mass is 16.6. The van der Waals surface area contributed by atoms with Crippen LogP contribution in [0.4, 0.5) is 4.79 Å². The Hall–Kier alpha value is -1.59. The second-order valence-electron chi connectivity index (χ2n) is 10.8. The Morgan fingerprint density at radius 1 is 1.10 bits per heavy atom. The molecule has 2 aliphatic heterocycles. The van der Waals surface area contributed by atoms with Crippen LogP contribution in [0.5, 0.6) is 5.75 Å². The molecule has 5 aliphatic rings. The van der Waals surface area contributed by atoms with Crippen LogP contribution in [-0.2, 0) is 15.9 Å². The first-order valence-electron chi connectivity index (χ1n) is 12.3. The summed E-state index contributed by atoms with van der Waals surface area (Å²) in [7, 11) is 1.89. The van der Waals surface area contributed by atoms with E-state index in [1.165, 1.54) is 43.2 Å². The number of carbonyl (C=O) groups excluding carboxylic acids is 1. The van der Waals surface area contributed by atoms with Gasteiger partial charge < -0.3 is 14.2 Å². The molecular formula is C26H35NO4. The van der Waals surface area contributed by atoms with Crippen LogP contribution in [0.3, 0.4) is 0 Å². The second-order valence-corrected chi connectivity index (χ2v) is 10.8. The molecule has 0 radical (unpaired) electrons. The molecule has 3 aliphatic carbocycles. The van der Waals surface area contributed by atoms with Crippen LogP contribution in [0, 0.1) is 17.3 Å². The Morgan fingerprint density at radius 3 is 2.68 bits per heavy atom. The van der Waals surface area contributed by atoms with E-state index in [4.69, 9.17) is 14.2 Å². The third-order valence-electron chi connectivity index (χ3n) is 9.55. The van der Waals surface area contributed by atoms with Gasteiger partial charge in [0.1, 0.15) is 5.75 Å². The topological polar surface area (TPSA) is 48.0 Å². The lowest BCUT2D eigenvalue weighted by Crippen LogP contribution is -2.50. The average Bonchev–Trinajstić information content (AvgIpc) is 3.25. The summed E-state index contributed by atoms with van der Waals surface area (Å²) < 4.78 is 17.4. The van der Waals surface area contributed by atoms with Gasteiger partial charge in [0, 0.05) is 7.11 Å². The van der Waals surface area contributed by atoms with Gasteiger partial charge in [-0.1, -0.05) is 13.0 Å². The van der Waals surface area contributed by atoms with Crippen molar-refractivity contribution in [3.8, 4) is 5.75 Å². The van der Waals surface area contributed by atoms with Crippen molar-refractivity contribution in [2.24, 2.45) is 17.3 Å². The first kappa shape index (κ1) is 20.0. The molecule has 5 nitrogen and oxygen atoms in total. The largest absolute Gasteiger partial charge is 0.415 e. The molecule has 1 aromatic carbocycles. The van der Waals surface area contributed by atoms with Crippen molar-refractivity contribution < 1.29 is 19.0 Å². The Bertz CT molecular complexity index is 855. The SMILES string of the molecule is COC1CCC2C3CCc4cc(OC(=O)N5C6CCC5COC6)ccc4C3CCC12C. The van der Waals surface area contributed by atoms with Crippen molar-refractivity contribution in [3.05, 3.63) is 29.3 Å². The smallest absolute Gasteiger partial charge is 0.410 e. The molecule has 1 amide bonds. The number of rotatable bonds is 2. The maximum Gasteiger partial charge on any atom is 0.415 e. The van der Waals surface area contributed by atoms with Crippen LogP contribution in [0.1, 0.15) is 68.9 Å². The first-order valence-corrected chi connectivity index (χ1v) is 12.3. The summed E-state index contributed by atoms with van der Waals surface area (Å²) in [6.07, 6.45) is 9.65. The van der Waals surface area contributed by atoms with E-state index in [1.54, 1.807) is 0 Å². The molecule has 0 aromatic heterocycles. The molecule has 6 rings (SSSR count). The average molecular weight is 426 g/mol. The summed E-state index contributed by atoms with van der Waals surface area (Å²) in [5, 5.41) is 0. The lowest BCUT2D eigenvalue weighted by molar-refractivity contribution is -0.0444. The minimum Gasteiger partial charge on any atom is -0.410 e. The van der Waals surface area contributed by atoms with Gasteiger partial charge in [-0.3, -0.25) is 4.90 Å². The lowest BCUT2D eigenvalue weighted by Gasteiger charge is -2.50. The molecule has 0 spiro atoms. The third kappa shape index (κ3) is 3.06. The lowest BCUT2D eigenvalue weighted by atomic mass is 9.55. The minimum absolute atomic E-state index is 0.184. The number of morpholine rings is 1. The van der Waals surface area contributed by atoms with Gasteiger partial charge in [0.15, 0.2) is 0 Å². The Balaban J connectivity index is 1.19. The predicted molar refractivity (Wildman–Crippen MR) is 117 cm³/mol. The van der Waals surface area contributed by atoms with Crippen molar-refractivity contribution in [2.45, 2.75) is 82.4 Å². The van der Waals surface area contributed by atoms with E-state index < -0.39 is 0 Å². The van der Waals surface area contributed by atoms with Gasteiger partial charge in [-0.2, -0.15) is 0 Å². The zero-order valence-electron chi connectivity index (χ0n) is 18.8. The van der Waals surface area contributed by atoms with E-state index in [0.717, 1.165) is 31.1 Å². The van der Waals surface area contributed by atoms with E-state index in [9.17, 15) is 4.79 Å². The number of ether oxygens (including phenoxy) is 3. The van der Waals surface area contributed by atoms with Crippen LogP contribution in [0.2, 0.25) is 0 Å². The standard InChI is InChI=1S/C26H35NO4/c1-26-12-11-21-20-8-6-19(31-25(28)27-17-4-5-18(27)15-30-14-17)13-16(20)3-7-22(21)23(26)9-10-24(26)29-2/h6,8,13,17-18,21-24H,3-5,7,9-12,14-15H2,1-2H3. The van der Waals surface area contributed by atoms with Gasteiger partial charge in [0.2, 0.25) is 0 Å². The highest BCUT2D eigenvalue weighted by Gasteiger charge is 2.55. The summed E-state index contributed by atoms with van der Waals surface area (Å²) >= 11 is 0. The Kier molecular flexibility index (Phi) is 4.84. The maximum atomic E-state index is 12.9. The molecule has 1 aromatic rings. The van der Waals surface area contributed by atoms with Crippen LogP contribution < -0.4 is 4.74 Å². The van der Waals surface area contributed by atoms with E-state index >= 15 is 0 Å². The fourth-order valence-corrected chi connectivity index (χ4v) is 8.04. The van der Waals surface area contributed by atoms with E-state index in [2.05, 4.69) is 19.1 Å². The zero-order valence-corrected chi connectivity index (χ0v) is 18.8. The molecule has 5 heteroatoms. The number of amides is 1. The van der Waals surface area contributed by atoms with Crippen LogP contribution in [0.25, 0.3) is 0 Å². The highest BCUT2D eigenvalue weighted by molar-refractivity contribution is 5.72. The minimum atomic E-state index is -0.200. The normalized spacial score (nSPS) is 40.8. The van der Waals surface area contributed by atoms with Gasteiger partial charge in [-0.05, 0) is 97.8 Å². The van der Waals surface area contributed by atoms with Crippen molar-refractivity contribution >= 4 is 6.09 Å².